The van der Waals surface area contributed by atoms with Gasteiger partial charge in [-0.3, -0.25) is 0 Å². The molecule has 0 bridgehead atoms. The maximum absolute atomic E-state index is 5.80. The molecule has 0 saturated carbocycles. The van der Waals surface area contributed by atoms with Gasteiger partial charge in [0, 0.05) is 11.0 Å². The second-order valence-electron chi connectivity index (χ2n) is 1.42. The lowest BCUT2D eigenvalue weighted by atomic mass is 10.6. The van der Waals surface area contributed by atoms with E-state index in [1.807, 2.05) is 22.8 Å². The van der Waals surface area contributed by atoms with Crippen LogP contribution in [0.15, 0.2) is 0 Å². The predicted octanol–water partition coefficient (Wildman–Crippen LogP) is 3.32. The molecule has 7 heavy (non-hydrogen) atoms. The first-order valence-corrected chi connectivity index (χ1v) is 7.37. The van der Waals surface area contributed by atoms with Crippen LogP contribution in [-0.2, 0) is 0 Å². The van der Waals surface area contributed by atoms with Crippen molar-refractivity contribution in [2.24, 2.45) is 0 Å². The van der Waals surface area contributed by atoms with Gasteiger partial charge in [-0.25, -0.2) is 0 Å². The summed E-state index contributed by atoms with van der Waals surface area (Å²) in [5.74, 6) is 1.25. The molecule has 1 fully saturated rings. The van der Waals surface area contributed by atoms with Crippen molar-refractivity contribution >= 4 is 39.7 Å². The van der Waals surface area contributed by atoms with Crippen molar-refractivity contribution in [2.45, 2.75) is 12.2 Å². The van der Waals surface area contributed by atoms with Gasteiger partial charge in [0.15, 0.2) is 0 Å². The summed E-state index contributed by atoms with van der Waals surface area (Å²) in [6.45, 7) is 2.22. The molecule has 1 aliphatic heterocycles. The first kappa shape index (κ1) is 6.54. The smallest absolute Gasteiger partial charge is 0.106 e. The highest BCUT2D eigenvalue weighted by atomic mass is 35.7. The summed E-state index contributed by atoms with van der Waals surface area (Å²) in [5, 5.41) is 0.800. The molecule has 0 N–H and O–H groups in total. The fourth-order valence-electron chi connectivity index (χ4n) is 0.366. The van der Waals surface area contributed by atoms with E-state index in [9.17, 15) is 0 Å². The van der Waals surface area contributed by atoms with Crippen LogP contribution in [-0.4, -0.2) is 11.0 Å². The van der Waals surface area contributed by atoms with Gasteiger partial charge in [0.1, 0.15) is 5.68 Å². The van der Waals surface area contributed by atoms with Gasteiger partial charge in [0.25, 0.3) is 0 Å². The van der Waals surface area contributed by atoms with Crippen LogP contribution < -0.4 is 0 Å². The van der Waals surface area contributed by atoms with Gasteiger partial charge in [0.05, 0.1) is 0 Å². The molecule has 0 radical (unpaired) electrons. The summed E-state index contributed by atoms with van der Waals surface area (Å²) in [4.78, 5) is 0. The number of hydrogen-bond donors (Lipinski definition) is 0. The number of halogens is 1. The Hall–Kier alpha value is 1.42. The minimum atomic E-state index is -0.199. The van der Waals surface area contributed by atoms with E-state index >= 15 is 0 Å². The van der Waals surface area contributed by atoms with Gasteiger partial charge >= 0.3 is 0 Å². The van der Waals surface area contributed by atoms with E-state index in [2.05, 4.69) is 6.92 Å². The van der Waals surface area contributed by atoms with Crippen LogP contribution >= 0.6 is 39.7 Å². The molecule has 1 saturated heterocycles. The quantitative estimate of drug-likeness (QED) is 0.514. The number of rotatable bonds is 0. The molecule has 1 aliphatic rings. The molecule has 0 amide bonds. The fourth-order valence-corrected chi connectivity index (χ4v) is 8.54. The van der Waals surface area contributed by atoms with Crippen LogP contribution in [0.2, 0.25) is 0 Å². The van der Waals surface area contributed by atoms with Gasteiger partial charge in [0.2, 0.25) is 0 Å². The van der Waals surface area contributed by atoms with Crippen molar-refractivity contribution in [2.75, 3.05) is 5.75 Å². The van der Waals surface area contributed by atoms with Crippen LogP contribution in [0.5, 0.6) is 0 Å². The Morgan fingerprint density at radius 1 is 1.86 bits per heavy atom. The lowest BCUT2D eigenvalue weighted by Crippen LogP contribution is -1.88. The van der Waals surface area contributed by atoms with E-state index in [-0.39, 0.29) is 5.68 Å². The molecule has 2 atom stereocenters. The molecule has 0 aromatic carbocycles. The normalized spacial score (nSPS) is 42.0. The van der Waals surface area contributed by atoms with Gasteiger partial charge in [-0.2, -0.15) is 0 Å². The van der Waals surface area contributed by atoms with E-state index in [1.165, 1.54) is 5.75 Å². The Morgan fingerprint density at radius 2 is 2.57 bits per heavy atom. The third-order valence-electron chi connectivity index (χ3n) is 0.674. The Labute approximate surface area is 57.8 Å². The molecule has 0 aromatic heterocycles. The summed E-state index contributed by atoms with van der Waals surface area (Å²) in [6.07, 6.45) is 0. The molecule has 42 valence electrons. The molecular formula is C3H6ClPS2. The van der Waals surface area contributed by atoms with Gasteiger partial charge < -0.3 is 0 Å². The van der Waals surface area contributed by atoms with Crippen molar-refractivity contribution in [3.8, 4) is 0 Å². The van der Waals surface area contributed by atoms with Gasteiger partial charge in [-0.05, 0) is 0 Å². The van der Waals surface area contributed by atoms with Crippen LogP contribution in [0.4, 0.5) is 0 Å². The Morgan fingerprint density at radius 3 is 2.71 bits per heavy atom. The van der Waals surface area contributed by atoms with Crippen molar-refractivity contribution in [1.82, 2.24) is 0 Å². The van der Waals surface area contributed by atoms with E-state index in [4.69, 9.17) is 11.2 Å². The highest BCUT2D eigenvalue weighted by Gasteiger charge is 2.19. The SMILES string of the molecule is C[C@@H]1CS[P@](Cl)S1. The Balaban J connectivity index is 2.26. The van der Waals surface area contributed by atoms with Gasteiger partial charge in [-0.1, -0.05) is 18.2 Å². The average molecular weight is 173 g/mol. The monoisotopic (exact) mass is 172 g/mol. The summed E-state index contributed by atoms with van der Waals surface area (Å²) in [6, 6.07) is 0. The molecule has 4 heteroatoms. The summed E-state index contributed by atoms with van der Waals surface area (Å²) in [7, 11) is 0. The fraction of sp³-hybridized carbons (Fsp3) is 1.00. The van der Waals surface area contributed by atoms with Crippen molar-refractivity contribution in [1.29, 1.82) is 0 Å². The third kappa shape index (κ3) is 2.01. The average Bonchev–Trinajstić information content (AvgIpc) is 1.87. The highest BCUT2D eigenvalue weighted by Crippen LogP contribution is 2.71. The van der Waals surface area contributed by atoms with Crippen LogP contribution in [0.25, 0.3) is 0 Å². The van der Waals surface area contributed by atoms with E-state index < -0.39 is 0 Å². The lowest BCUT2D eigenvalue weighted by molar-refractivity contribution is 1.15. The molecule has 0 spiro atoms. The summed E-state index contributed by atoms with van der Waals surface area (Å²) >= 11 is 9.61. The van der Waals surface area contributed by atoms with E-state index in [0.29, 0.717) is 0 Å². The van der Waals surface area contributed by atoms with Crippen molar-refractivity contribution < 1.29 is 0 Å². The zero-order chi connectivity index (χ0) is 5.28. The molecule has 1 heterocycles. The summed E-state index contributed by atoms with van der Waals surface area (Å²) < 4.78 is 0. The number of hydrogen-bond acceptors (Lipinski definition) is 2. The second kappa shape index (κ2) is 2.82. The van der Waals surface area contributed by atoms with Crippen molar-refractivity contribution in [3.63, 3.8) is 0 Å². The van der Waals surface area contributed by atoms with E-state index in [0.717, 1.165) is 5.25 Å². The first-order chi connectivity index (χ1) is 3.29. The second-order valence-corrected chi connectivity index (χ2v) is 9.96. The third-order valence-corrected chi connectivity index (χ3v) is 8.38. The molecular weight excluding hydrogens is 167 g/mol. The lowest BCUT2D eigenvalue weighted by Gasteiger charge is -1.92. The molecule has 0 aromatic rings. The Kier molecular flexibility index (Phi) is 2.63. The highest BCUT2D eigenvalue weighted by molar-refractivity contribution is 8.96. The molecule has 1 rings (SSSR count). The molecule has 0 unspecified atom stereocenters. The van der Waals surface area contributed by atoms with Crippen molar-refractivity contribution in [3.05, 3.63) is 0 Å². The molecule has 0 nitrogen and oxygen atoms in total. The maximum atomic E-state index is 5.80. The van der Waals surface area contributed by atoms with Crippen LogP contribution in [0.1, 0.15) is 6.92 Å². The van der Waals surface area contributed by atoms with Crippen LogP contribution in [0.3, 0.4) is 0 Å². The predicted molar refractivity (Wildman–Crippen MR) is 42.3 cm³/mol. The van der Waals surface area contributed by atoms with Gasteiger partial charge in [-0.15, -0.1) is 22.8 Å². The minimum absolute atomic E-state index is 0.199. The van der Waals surface area contributed by atoms with Crippen LogP contribution in [0, 0.1) is 0 Å². The summed E-state index contributed by atoms with van der Waals surface area (Å²) in [5.41, 5.74) is -0.199. The minimum Gasteiger partial charge on any atom is -0.106 e. The largest absolute Gasteiger partial charge is 0.110 e. The topological polar surface area (TPSA) is 0 Å². The first-order valence-electron chi connectivity index (χ1n) is 2.04. The Bertz CT molecular complexity index is 62.0. The van der Waals surface area contributed by atoms with E-state index in [1.54, 1.807) is 0 Å². The molecule has 0 aliphatic carbocycles. The maximum Gasteiger partial charge on any atom is 0.110 e. The standard InChI is InChI=1S/C3H6ClPS2/c1-3-2-6-5(4)7-3/h3H,2H2,1H3/t3-,5+/m1/s1. The zero-order valence-corrected chi connectivity index (χ0v) is 7.21. The zero-order valence-electron chi connectivity index (χ0n) is 3.93.